The molecule has 0 radical (unpaired) electrons. The molecule has 24 heteroatoms. The van der Waals surface area contributed by atoms with E-state index in [1.807, 2.05) is 0 Å². The Morgan fingerprint density at radius 1 is 0.375 bits per heavy atom. The predicted octanol–water partition coefficient (Wildman–Crippen LogP) is 10.3. The molecule has 0 spiro atoms. The molecule has 0 saturated carbocycles. The van der Waals surface area contributed by atoms with E-state index in [0.29, 0.717) is 38.1 Å². The van der Waals surface area contributed by atoms with Crippen molar-refractivity contribution in [1.29, 1.82) is 0 Å². The Balaban J connectivity index is 2.67. The minimum Gasteiger partial charge on any atom is -0.293 e. The molecule has 0 aliphatic rings. The predicted molar refractivity (Wildman–Crippen MR) is 149 cm³/mol. The van der Waals surface area contributed by atoms with Crippen LogP contribution in [0, 0.1) is 11.8 Å². The molecule has 0 aliphatic carbocycles. The normalized spacial score (nSPS) is 15.6. The average molecular weight is 850 g/mol. The molecule has 2 rings (SSSR count). The molecule has 0 aromatic heterocycles. The Hall–Kier alpha value is -4.28. The van der Waals surface area contributed by atoms with E-state index in [1.54, 1.807) is 0 Å². The molecule has 0 amide bonds. The average Bonchev–Trinajstić information content (AvgIpc) is 3.11. The van der Waals surface area contributed by atoms with Gasteiger partial charge in [-0.05, 0) is 12.8 Å². The zero-order chi connectivity index (χ0) is 44.1. The maximum atomic E-state index is 14.7. The summed E-state index contributed by atoms with van der Waals surface area (Å²) in [6.45, 7) is 1.08. The van der Waals surface area contributed by atoms with Crippen molar-refractivity contribution in [2.24, 2.45) is 11.8 Å². The van der Waals surface area contributed by atoms with Crippen molar-refractivity contribution >= 4 is 23.1 Å². The summed E-state index contributed by atoms with van der Waals surface area (Å²) in [5, 5.41) is 0. The van der Waals surface area contributed by atoms with Gasteiger partial charge in [-0.3, -0.25) is 19.2 Å². The van der Waals surface area contributed by atoms with Crippen LogP contribution in [0.2, 0.25) is 0 Å². The van der Waals surface area contributed by atoms with E-state index in [0.717, 1.165) is 36.4 Å². The molecule has 0 bridgehead atoms. The fourth-order valence-corrected chi connectivity index (χ4v) is 4.91. The van der Waals surface area contributed by atoms with Crippen LogP contribution in [0.3, 0.4) is 0 Å². The lowest BCUT2D eigenvalue weighted by molar-refractivity contribution is -0.465. The number of Topliss-reactive ketones (excluding diaryl/α,β-unsaturated/α-hetero) is 4. The molecule has 2 unspecified atom stereocenters. The van der Waals surface area contributed by atoms with Gasteiger partial charge in [-0.15, -0.1) is 0 Å². The maximum absolute atomic E-state index is 14.7. The van der Waals surface area contributed by atoms with Gasteiger partial charge in [0.15, 0.2) is 11.6 Å². The second-order valence-electron chi connectivity index (χ2n) is 11.9. The summed E-state index contributed by atoms with van der Waals surface area (Å²) in [6.07, 6.45) is -2.76. The minimum absolute atomic E-state index is 0.539. The molecular formula is C32H22F20O4. The molecule has 0 heterocycles. The quantitative estimate of drug-likeness (QED) is 0.0802. The summed E-state index contributed by atoms with van der Waals surface area (Å²) < 4.78 is 291. The first-order valence-electron chi connectivity index (χ1n) is 15.1. The van der Waals surface area contributed by atoms with E-state index in [4.69, 9.17) is 0 Å². The Kier molecular flexibility index (Phi) is 12.7. The highest BCUT2D eigenvalue weighted by Crippen LogP contribution is 2.66. The third-order valence-electron chi connectivity index (χ3n) is 8.37. The van der Waals surface area contributed by atoms with Crippen molar-refractivity contribution in [2.75, 3.05) is 0 Å². The lowest BCUT2D eigenvalue weighted by Gasteiger charge is -2.45. The van der Waals surface area contributed by atoms with Gasteiger partial charge in [0.1, 0.15) is 0 Å². The molecule has 4 nitrogen and oxygen atoms in total. The summed E-state index contributed by atoms with van der Waals surface area (Å²) in [4.78, 5) is 49.3. The first kappa shape index (κ1) is 47.9. The maximum Gasteiger partial charge on any atom is 0.385 e. The van der Waals surface area contributed by atoms with Gasteiger partial charge in [0.2, 0.25) is 11.6 Å². The highest BCUT2D eigenvalue weighted by molar-refractivity contribution is 6.13. The van der Waals surface area contributed by atoms with E-state index >= 15 is 0 Å². The number of alkyl halides is 20. The topological polar surface area (TPSA) is 68.3 Å². The molecule has 2 aromatic carbocycles. The molecule has 2 atom stereocenters. The number of hydrogen-bond acceptors (Lipinski definition) is 4. The molecule has 0 saturated heterocycles. The standard InChI is InChI=1S/C32H22F20O4/c1-3-17(19(53)15-11-7-5-8-12-15)21(55)23(33,34)25(37,38)27(41,42)29(45,46)31(49,50)32(51,52)30(47,48)28(43,44)26(39,40)24(35,36)22(56)18(4-2)20(54)16-13-9-6-10-14-16/h5-14,17-18H,3-4H2,1-2H3. The molecule has 0 N–H and O–H groups in total. The number of benzene rings is 2. The van der Waals surface area contributed by atoms with E-state index in [-0.39, 0.29) is 0 Å². The van der Waals surface area contributed by atoms with Crippen LogP contribution in [-0.2, 0) is 9.59 Å². The van der Waals surface area contributed by atoms with E-state index < -0.39 is 118 Å². The lowest BCUT2D eigenvalue weighted by Crippen LogP contribution is -2.77. The molecule has 2 aromatic rings. The number of hydrogen-bond donors (Lipinski definition) is 0. The number of carbonyl (C=O) groups is 4. The van der Waals surface area contributed by atoms with Gasteiger partial charge in [-0.25, -0.2) is 0 Å². The van der Waals surface area contributed by atoms with Gasteiger partial charge < -0.3 is 0 Å². The lowest BCUT2D eigenvalue weighted by atomic mass is 9.81. The summed E-state index contributed by atoms with van der Waals surface area (Å²) in [5.41, 5.74) is -1.65. The Morgan fingerprint density at radius 3 is 0.768 bits per heavy atom. The van der Waals surface area contributed by atoms with Crippen LogP contribution in [0.4, 0.5) is 87.8 Å². The Bertz CT molecular complexity index is 1650. The van der Waals surface area contributed by atoms with Crippen molar-refractivity contribution in [1.82, 2.24) is 0 Å². The first-order chi connectivity index (χ1) is 25.0. The second kappa shape index (κ2) is 14.9. The summed E-state index contributed by atoms with van der Waals surface area (Å²) in [6, 6.07) is 8.79. The number of rotatable bonds is 19. The second-order valence-corrected chi connectivity index (χ2v) is 11.9. The van der Waals surface area contributed by atoms with Gasteiger partial charge in [0, 0.05) is 11.1 Å². The van der Waals surface area contributed by atoms with Crippen molar-refractivity contribution in [3.05, 3.63) is 71.8 Å². The van der Waals surface area contributed by atoms with Crippen LogP contribution >= 0.6 is 0 Å². The zero-order valence-electron chi connectivity index (χ0n) is 27.5. The Morgan fingerprint density at radius 2 is 0.571 bits per heavy atom. The first-order valence-corrected chi connectivity index (χ1v) is 15.1. The van der Waals surface area contributed by atoms with Crippen molar-refractivity contribution in [3.8, 4) is 0 Å². The summed E-state index contributed by atoms with van der Waals surface area (Å²) >= 11 is 0. The molecule has 314 valence electrons. The number of halogens is 20. The summed E-state index contributed by atoms with van der Waals surface area (Å²) in [5.74, 6) is -105. The molecule has 0 fully saturated rings. The molecule has 56 heavy (non-hydrogen) atoms. The van der Waals surface area contributed by atoms with Gasteiger partial charge in [-0.2, -0.15) is 87.8 Å². The van der Waals surface area contributed by atoms with Crippen LogP contribution < -0.4 is 0 Å². The fraction of sp³-hybridized carbons (Fsp3) is 0.500. The SMILES string of the molecule is CCC(C(=O)c1ccccc1)C(=O)C(F)(F)C(F)(F)C(F)(F)C(F)(F)C(F)(F)C(F)(F)C(F)(F)C(F)(F)C(F)(F)C(F)(F)C(=O)C(CC)C(=O)c1ccccc1. The molecular weight excluding hydrogens is 828 g/mol. The van der Waals surface area contributed by atoms with Crippen LogP contribution in [0.25, 0.3) is 0 Å². The minimum atomic E-state index is -9.38. The summed E-state index contributed by atoms with van der Waals surface area (Å²) in [7, 11) is 0. The zero-order valence-corrected chi connectivity index (χ0v) is 27.5. The third-order valence-corrected chi connectivity index (χ3v) is 8.37. The van der Waals surface area contributed by atoms with Gasteiger partial charge in [-0.1, -0.05) is 74.5 Å². The van der Waals surface area contributed by atoms with Crippen LogP contribution in [-0.4, -0.2) is 82.4 Å². The molecule has 0 aliphatic heterocycles. The van der Waals surface area contributed by atoms with Gasteiger partial charge >= 0.3 is 59.2 Å². The monoisotopic (exact) mass is 850 g/mol. The van der Waals surface area contributed by atoms with E-state index in [9.17, 15) is 107 Å². The van der Waals surface area contributed by atoms with Gasteiger partial charge in [0.25, 0.3) is 0 Å². The van der Waals surface area contributed by atoms with Crippen LogP contribution in [0.5, 0.6) is 0 Å². The van der Waals surface area contributed by atoms with Gasteiger partial charge in [0.05, 0.1) is 11.8 Å². The van der Waals surface area contributed by atoms with Crippen molar-refractivity contribution < 1.29 is 107 Å². The van der Waals surface area contributed by atoms with E-state index in [2.05, 4.69) is 0 Å². The van der Waals surface area contributed by atoms with Crippen molar-refractivity contribution in [2.45, 2.75) is 85.9 Å². The Labute approximate surface area is 300 Å². The number of ketones is 4. The largest absolute Gasteiger partial charge is 0.385 e. The smallest absolute Gasteiger partial charge is 0.293 e. The van der Waals surface area contributed by atoms with Crippen LogP contribution in [0.15, 0.2) is 60.7 Å². The highest BCUT2D eigenvalue weighted by Gasteiger charge is 2.98. The third kappa shape index (κ3) is 6.70. The fourth-order valence-electron chi connectivity index (χ4n) is 4.91. The number of carbonyl (C=O) groups excluding carboxylic acids is 4. The van der Waals surface area contributed by atoms with Crippen LogP contribution in [0.1, 0.15) is 47.4 Å². The van der Waals surface area contributed by atoms with E-state index in [1.165, 1.54) is 0 Å². The van der Waals surface area contributed by atoms with Crippen molar-refractivity contribution in [3.63, 3.8) is 0 Å². The highest BCUT2D eigenvalue weighted by atomic mass is 19.4.